The van der Waals surface area contributed by atoms with Gasteiger partial charge in [-0.05, 0) is 93.9 Å². The van der Waals surface area contributed by atoms with E-state index in [1.165, 1.54) is 30.7 Å². The molecule has 5 heteroatoms. The number of likely N-dealkylation sites (tertiary alicyclic amines) is 1. The first kappa shape index (κ1) is 27.8. The van der Waals surface area contributed by atoms with Crippen LogP contribution in [0.3, 0.4) is 0 Å². The van der Waals surface area contributed by atoms with Gasteiger partial charge in [-0.3, -0.25) is 0 Å². The smallest absolute Gasteiger partial charge is 0.103 e. The highest BCUT2D eigenvalue weighted by atomic mass is 16.5. The molecule has 3 fully saturated rings. The number of nitrogens with two attached hydrogens (primary N) is 1. The number of ether oxygens (including phenoxy) is 2. The van der Waals surface area contributed by atoms with Crippen LogP contribution in [-0.4, -0.2) is 66.2 Å². The summed E-state index contributed by atoms with van der Waals surface area (Å²) in [7, 11) is 0. The maximum Gasteiger partial charge on any atom is 0.103 e. The van der Waals surface area contributed by atoms with Gasteiger partial charge in [0, 0.05) is 12.6 Å². The second kappa shape index (κ2) is 12.5. The first-order valence-electron chi connectivity index (χ1n) is 14.4. The molecular weight excluding hydrogens is 448 g/mol. The van der Waals surface area contributed by atoms with Crippen LogP contribution in [0.2, 0.25) is 0 Å². The maximum absolute atomic E-state index is 10.6. The Morgan fingerprint density at radius 1 is 1.22 bits per heavy atom. The number of hydrogen-bond donors (Lipinski definition) is 2. The van der Waals surface area contributed by atoms with Crippen molar-refractivity contribution >= 4 is 0 Å². The van der Waals surface area contributed by atoms with Crippen LogP contribution in [0, 0.1) is 23.7 Å². The number of rotatable bonds is 10. The Labute approximate surface area is 219 Å². The molecule has 3 N–H and O–H groups in total. The molecule has 36 heavy (non-hydrogen) atoms. The number of aliphatic hydroxyl groups excluding tert-OH is 1. The molecule has 0 aromatic rings. The summed E-state index contributed by atoms with van der Waals surface area (Å²) >= 11 is 0. The Kier molecular flexibility index (Phi) is 9.68. The lowest BCUT2D eigenvalue weighted by Gasteiger charge is -2.38. The van der Waals surface area contributed by atoms with Crippen LogP contribution in [0.5, 0.6) is 0 Å². The second-order valence-electron chi connectivity index (χ2n) is 11.9. The van der Waals surface area contributed by atoms with E-state index in [0.29, 0.717) is 23.7 Å². The predicted molar refractivity (Wildman–Crippen MR) is 148 cm³/mol. The van der Waals surface area contributed by atoms with Crippen molar-refractivity contribution in [1.29, 1.82) is 0 Å². The molecule has 3 heterocycles. The molecule has 4 aliphatic rings. The van der Waals surface area contributed by atoms with Crippen LogP contribution >= 0.6 is 0 Å². The van der Waals surface area contributed by atoms with Crippen molar-refractivity contribution in [3.63, 3.8) is 0 Å². The molecule has 0 radical (unpaired) electrons. The van der Waals surface area contributed by atoms with Gasteiger partial charge >= 0.3 is 0 Å². The fourth-order valence-corrected chi connectivity index (χ4v) is 6.07. The van der Waals surface area contributed by atoms with Crippen molar-refractivity contribution < 1.29 is 14.6 Å². The molecule has 0 bridgehead atoms. The Morgan fingerprint density at radius 2 is 1.97 bits per heavy atom. The Bertz CT molecular complexity index is 845. The Morgan fingerprint density at radius 3 is 2.67 bits per heavy atom. The van der Waals surface area contributed by atoms with E-state index >= 15 is 0 Å². The summed E-state index contributed by atoms with van der Waals surface area (Å²) in [6.45, 7) is 14.6. The quantitative estimate of drug-likeness (QED) is 0.414. The minimum absolute atomic E-state index is 0.141. The molecule has 202 valence electrons. The molecule has 2 saturated heterocycles. The third kappa shape index (κ3) is 6.99. The Balaban J connectivity index is 1.26. The third-order valence-electron chi connectivity index (χ3n) is 8.95. The fourth-order valence-electron chi connectivity index (χ4n) is 6.07. The molecule has 1 aliphatic carbocycles. The monoisotopic (exact) mass is 498 g/mol. The van der Waals surface area contributed by atoms with Crippen LogP contribution in [-0.2, 0) is 9.47 Å². The van der Waals surface area contributed by atoms with Crippen LogP contribution in [0.4, 0.5) is 0 Å². The van der Waals surface area contributed by atoms with Crippen molar-refractivity contribution in [2.24, 2.45) is 29.4 Å². The zero-order valence-corrected chi connectivity index (χ0v) is 23.2. The molecule has 0 aromatic carbocycles. The van der Waals surface area contributed by atoms with Gasteiger partial charge in [-0.2, -0.15) is 0 Å². The van der Waals surface area contributed by atoms with Gasteiger partial charge in [0.1, 0.15) is 6.10 Å². The molecular formula is C31H50N2O3. The van der Waals surface area contributed by atoms with E-state index in [1.54, 1.807) is 0 Å². The molecule has 0 aromatic heterocycles. The van der Waals surface area contributed by atoms with Crippen LogP contribution in [0.25, 0.3) is 0 Å². The summed E-state index contributed by atoms with van der Waals surface area (Å²) in [6, 6.07) is -0.210. The summed E-state index contributed by atoms with van der Waals surface area (Å²) in [6.07, 6.45) is 18.5. The molecule has 10 atom stereocenters. The topological polar surface area (TPSA) is 68.0 Å². The average Bonchev–Trinajstić information content (AvgIpc) is 3.45. The first-order valence-corrected chi connectivity index (χ1v) is 14.4. The van der Waals surface area contributed by atoms with E-state index in [4.69, 9.17) is 15.2 Å². The molecule has 1 saturated carbocycles. The lowest BCUT2D eigenvalue weighted by atomic mass is 9.93. The molecule has 0 spiro atoms. The number of aliphatic hydroxyl groups is 1. The summed E-state index contributed by atoms with van der Waals surface area (Å²) in [5.74, 6) is 2.06. The molecule has 4 rings (SSSR count). The van der Waals surface area contributed by atoms with E-state index in [-0.39, 0.29) is 30.5 Å². The second-order valence-corrected chi connectivity index (χ2v) is 11.9. The summed E-state index contributed by atoms with van der Waals surface area (Å²) in [4.78, 5) is 2.47. The van der Waals surface area contributed by atoms with Crippen LogP contribution < -0.4 is 5.73 Å². The lowest BCUT2D eigenvalue weighted by Crippen LogP contribution is -2.52. The van der Waals surface area contributed by atoms with Gasteiger partial charge in [-0.25, -0.2) is 0 Å². The van der Waals surface area contributed by atoms with Crippen LogP contribution in [0.15, 0.2) is 47.6 Å². The first-order chi connectivity index (χ1) is 17.3. The predicted octanol–water partition coefficient (Wildman–Crippen LogP) is 5.02. The highest BCUT2D eigenvalue weighted by Crippen LogP contribution is 2.48. The van der Waals surface area contributed by atoms with Gasteiger partial charge in [-0.15, -0.1) is 0 Å². The van der Waals surface area contributed by atoms with Crippen molar-refractivity contribution in [3.05, 3.63) is 47.6 Å². The summed E-state index contributed by atoms with van der Waals surface area (Å²) < 4.78 is 12.6. The number of nitrogens with zero attached hydrogens (tertiary/aromatic N) is 1. The molecule has 3 aliphatic heterocycles. The van der Waals surface area contributed by atoms with Crippen molar-refractivity contribution in [2.45, 2.75) is 103 Å². The van der Waals surface area contributed by atoms with E-state index < -0.39 is 6.10 Å². The van der Waals surface area contributed by atoms with Gasteiger partial charge in [0.15, 0.2) is 0 Å². The Hall–Kier alpha value is -1.24. The van der Waals surface area contributed by atoms with Crippen LogP contribution in [0.1, 0.15) is 66.7 Å². The van der Waals surface area contributed by atoms with E-state index in [9.17, 15) is 5.11 Å². The van der Waals surface area contributed by atoms with Gasteiger partial charge in [0.2, 0.25) is 0 Å². The summed E-state index contributed by atoms with van der Waals surface area (Å²) in [5, 5.41) is 10.6. The minimum Gasteiger partial charge on any atom is -0.388 e. The SMILES string of the molecule is CC[C@H]1O[C@@H](C(C)=C[C@H](C)C=C[C@H]2[C@@H](C)[C@@H]2C=C[C@@H]2O[C@H](CCN3CCC3)C[C@H](N)[C@H]2O)CC=C1C. The lowest BCUT2D eigenvalue weighted by molar-refractivity contribution is -0.109. The van der Waals surface area contributed by atoms with Gasteiger partial charge in [0.05, 0.1) is 24.4 Å². The highest BCUT2D eigenvalue weighted by Gasteiger charge is 2.43. The van der Waals surface area contributed by atoms with Gasteiger partial charge in [0.25, 0.3) is 0 Å². The molecule has 0 amide bonds. The largest absolute Gasteiger partial charge is 0.388 e. The fraction of sp³-hybridized carbons (Fsp3) is 0.742. The number of hydrogen-bond acceptors (Lipinski definition) is 5. The van der Waals surface area contributed by atoms with E-state index in [0.717, 1.165) is 32.2 Å². The standard InChI is InChI=1S/C31H50N2O3/c1-6-28-21(3)9-12-29(36-28)22(4)18-20(2)8-10-25-23(5)26(25)11-13-30-31(34)27(32)19-24(35-30)14-17-33-15-7-16-33/h8-11,13,18,20,23-31,34H,6-7,12,14-17,19,32H2,1-5H3/t20-,23-,24-,25+,26+,27+,28-,29-,30+,31-/m1/s1. The molecule has 0 unspecified atom stereocenters. The normalized spacial score (nSPS) is 40.9. The van der Waals surface area contributed by atoms with Gasteiger partial charge in [-0.1, -0.05) is 57.2 Å². The summed E-state index contributed by atoms with van der Waals surface area (Å²) in [5.41, 5.74) is 8.98. The van der Waals surface area contributed by atoms with Crippen molar-refractivity contribution in [1.82, 2.24) is 4.90 Å². The van der Waals surface area contributed by atoms with Gasteiger partial charge < -0.3 is 25.2 Å². The van der Waals surface area contributed by atoms with E-state index in [2.05, 4.69) is 76.0 Å². The maximum atomic E-state index is 10.6. The van der Waals surface area contributed by atoms with Crippen molar-refractivity contribution in [3.8, 4) is 0 Å². The average molecular weight is 499 g/mol. The minimum atomic E-state index is -0.620. The number of allylic oxidation sites excluding steroid dienone is 4. The zero-order valence-electron chi connectivity index (χ0n) is 23.2. The molecule has 5 nitrogen and oxygen atoms in total. The zero-order chi connectivity index (χ0) is 25.8. The van der Waals surface area contributed by atoms with Crippen molar-refractivity contribution in [2.75, 3.05) is 19.6 Å². The van der Waals surface area contributed by atoms with E-state index in [1.807, 2.05) is 0 Å². The highest BCUT2D eigenvalue weighted by molar-refractivity contribution is 5.20. The third-order valence-corrected chi connectivity index (χ3v) is 8.95.